The molecule has 0 aromatic heterocycles. The zero-order chi connectivity index (χ0) is 52.5. The van der Waals surface area contributed by atoms with E-state index in [0.717, 1.165) is 0 Å². The van der Waals surface area contributed by atoms with Crippen LogP contribution >= 0.6 is 0 Å². The van der Waals surface area contributed by atoms with Crippen molar-refractivity contribution in [3.8, 4) is 0 Å². The van der Waals surface area contributed by atoms with Gasteiger partial charge >= 0.3 is 24.1 Å². The quantitative estimate of drug-likeness (QED) is 0.0584. The van der Waals surface area contributed by atoms with Gasteiger partial charge in [-0.3, -0.25) is 52.7 Å². The van der Waals surface area contributed by atoms with Crippen LogP contribution in [0.4, 0.5) is 13.2 Å². The van der Waals surface area contributed by atoms with Crippen LogP contribution in [0.1, 0.15) is 111 Å². The number of aryl methyl sites for hydroxylation is 1. The number of halogens is 3. The number of carbonyl (C=O) groups is 11. The lowest BCUT2D eigenvalue weighted by Gasteiger charge is -2.34. The minimum absolute atomic E-state index is 0.196. The Balaban J connectivity index is 3.65. The van der Waals surface area contributed by atoms with E-state index in [2.05, 4.69) is 31.9 Å². The van der Waals surface area contributed by atoms with Crippen LogP contribution in [0.5, 0.6) is 0 Å². The summed E-state index contributed by atoms with van der Waals surface area (Å²) >= 11 is 0. The predicted molar refractivity (Wildman–Crippen MR) is 235 cm³/mol. The molecule has 7 amide bonds. The van der Waals surface area contributed by atoms with Crippen molar-refractivity contribution in [2.45, 2.75) is 162 Å². The summed E-state index contributed by atoms with van der Waals surface area (Å²) in [5, 5.41) is 43.7. The fourth-order valence-corrected chi connectivity index (χ4v) is 6.37. The summed E-state index contributed by atoms with van der Waals surface area (Å²) in [4.78, 5) is 142. The second-order valence-electron chi connectivity index (χ2n) is 18.7. The summed E-state index contributed by atoms with van der Waals surface area (Å²) < 4.78 is 41.0. The molecule has 0 spiro atoms. The maximum absolute atomic E-state index is 14.3. The van der Waals surface area contributed by atoms with E-state index in [1.54, 1.807) is 45.0 Å². The predicted octanol–water partition coefficient (Wildman–Crippen LogP) is 1.18. The van der Waals surface area contributed by atoms with E-state index >= 15 is 0 Å². The highest BCUT2D eigenvalue weighted by molar-refractivity contribution is 6.38. The van der Waals surface area contributed by atoms with Gasteiger partial charge in [0.1, 0.15) is 36.3 Å². The second kappa shape index (κ2) is 26.1. The van der Waals surface area contributed by atoms with Gasteiger partial charge in [-0.25, -0.2) is 0 Å². The van der Waals surface area contributed by atoms with Crippen LogP contribution < -0.4 is 37.2 Å². The molecule has 21 nitrogen and oxygen atoms in total. The minimum atomic E-state index is -5.02. The van der Waals surface area contributed by atoms with Crippen molar-refractivity contribution in [3.63, 3.8) is 0 Å². The number of hydrogen-bond donors (Lipinski definition) is 10. The molecule has 0 fully saturated rings. The van der Waals surface area contributed by atoms with E-state index in [1.165, 1.54) is 41.5 Å². The number of benzene rings is 1. The molecule has 0 aliphatic heterocycles. The van der Waals surface area contributed by atoms with Crippen molar-refractivity contribution < 1.29 is 81.2 Å². The number of hydrogen-bond acceptors (Lipinski definition) is 11. The van der Waals surface area contributed by atoms with Crippen molar-refractivity contribution in [1.82, 2.24) is 37.2 Å². The van der Waals surface area contributed by atoms with Crippen molar-refractivity contribution in [3.05, 3.63) is 35.4 Å². The molecule has 380 valence electrons. The van der Waals surface area contributed by atoms with Crippen LogP contribution in [0.2, 0.25) is 0 Å². The zero-order valence-electron chi connectivity index (χ0n) is 39.5. The third-order valence-electron chi connectivity index (χ3n) is 9.73. The van der Waals surface area contributed by atoms with Gasteiger partial charge < -0.3 is 52.5 Å². The van der Waals surface area contributed by atoms with Gasteiger partial charge in [0.05, 0.1) is 19.3 Å². The van der Waals surface area contributed by atoms with Crippen LogP contribution in [0.25, 0.3) is 0 Å². The van der Waals surface area contributed by atoms with Gasteiger partial charge in [0, 0.05) is 24.8 Å². The summed E-state index contributed by atoms with van der Waals surface area (Å²) in [5.41, 5.74) is -1.10. The number of aliphatic carboxylic acids is 3. The monoisotopic (exact) mass is 971 g/mol. The maximum atomic E-state index is 14.3. The number of carboxylic acid groups (broad SMARTS) is 3. The Morgan fingerprint density at radius 3 is 1.59 bits per heavy atom. The highest BCUT2D eigenvalue weighted by atomic mass is 19.4. The first kappa shape index (κ1) is 59.4. The molecule has 1 aromatic rings. The lowest BCUT2D eigenvalue weighted by atomic mass is 9.85. The second-order valence-corrected chi connectivity index (χ2v) is 18.7. The normalized spacial score (nSPS) is 14.4. The SMILES string of the molecule is Cc1ccccc1C[C@H](NC(=O)[C@H](CCC(=O)O)NC(=O)[C@H](CC(=O)O)NC(=O)CCC(=O)O)C(=O)N[C@H](C(=O)N[C@@H](CC(C)C)C(=O)N[C@@H](CC(F)(F)F)C(=O)C(=O)NC(C)(C)C)C(C)(C)C. The number of carboxylic acids is 3. The Hall–Kier alpha value is -6.62. The van der Waals surface area contributed by atoms with E-state index in [-0.39, 0.29) is 12.8 Å². The summed E-state index contributed by atoms with van der Waals surface area (Å²) in [6.45, 7) is 13.9. The number of nitrogens with one attached hydrogen (secondary N) is 7. The number of Topliss-reactive ketones (excluding diaryl/α,β-unsaturated/α-hetero) is 1. The van der Waals surface area contributed by atoms with Gasteiger partial charge in [-0.2, -0.15) is 13.2 Å². The molecule has 1 rings (SSSR count). The van der Waals surface area contributed by atoms with Crippen molar-refractivity contribution in [2.24, 2.45) is 11.3 Å². The van der Waals surface area contributed by atoms with Gasteiger partial charge in [0.25, 0.3) is 5.91 Å². The molecule has 24 heteroatoms. The lowest BCUT2D eigenvalue weighted by molar-refractivity contribution is -0.154. The Morgan fingerprint density at radius 2 is 1.09 bits per heavy atom. The third-order valence-corrected chi connectivity index (χ3v) is 9.73. The van der Waals surface area contributed by atoms with E-state index < -0.39 is 163 Å². The fraction of sp³-hybridized carbons (Fsp3) is 0.614. The summed E-state index contributed by atoms with van der Waals surface area (Å²) in [6, 6.07) is -4.23. The first-order valence-electron chi connectivity index (χ1n) is 21.5. The standard InChI is InChI=1S/C44H64F3N7O14/c1-22(2)18-26(37(64)52-29(21-44(45,46)47)34(62)40(67)54-43(7,8)9)51-41(68)35(42(4,5)6)53-39(66)27(19-24-13-11-10-12-23(24)3)50-36(63)25(14-16-31(56)57)49-38(65)28(20-33(60)61)48-30(55)15-17-32(58)59/h10-13,22,25-29,35H,14-21H2,1-9H3,(H,48,55)(H,49,65)(H,50,63)(H,51,68)(H,52,64)(H,53,66)(H,54,67)(H,56,57)(H,58,59)(H,60,61)/t25-,26-,27-,28-,29-,35+/m0/s1. The van der Waals surface area contributed by atoms with Crippen LogP contribution in [-0.2, 0) is 59.2 Å². The molecular formula is C44H64F3N7O14. The summed E-state index contributed by atoms with van der Waals surface area (Å²) in [7, 11) is 0. The molecule has 68 heavy (non-hydrogen) atoms. The Kier molecular flexibility index (Phi) is 22.8. The fourth-order valence-electron chi connectivity index (χ4n) is 6.37. The smallest absolute Gasteiger partial charge is 0.391 e. The van der Waals surface area contributed by atoms with Crippen LogP contribution in [0, 0.1) is 18.3 Å². The molecule has 0 saturated heterocycles. The average molecular weight is 972 g/mol. The molecule has 0 heterocycles. The number of carbonyl (C=O) groups excluding carboxylic acids is 8. The molecular weight excluding hydrogens is 908 g/mol. The van der Waals surface area contributed by atoms with Crippen LogP contribution in [0.15, 0.2) is 24.3 Å². The molecule has 0 saturated carbocycles. The Labute approximate surface area is 391 Å². The first-order valence-corrected chi connectivity index (χ1v) is 21.5. The van der Waals surface area contributed by atoms with Gasteiger partial charge in [-0.05, 0) is 63.0 Å². The van der Waals surface area contributed by atoms with E-state index in [9.17, 15) is 76.1 Å². The first-order chi connectivity index (χ1) is 31.1. The maximum Gasteiger partial charge on any atom is 0.391 e. The minimum Gasteiger partial charge on any atom is -0.481 e. The molecule has 0 bridgehead atoms. The molecule has 10 N–H and O–H groups in total. The van der Waals surface area contributed by atoms with E-state index in [1.807, 2.05) is 5.32 Å². The zero-order valence-corrected chi connectivity index (χ0v) is 39.5. The summed E-state index contributed by atoms with van der Waals surface area (Å²) in [5.74, 6) is -14.5. The number of rotatable bonds is 26. The number of alkyl halides is 3. The van der Waals surface area contributed by atoms with Gasteiger partial charge in [-0.1, -0.05) is 58.9 Å². The Morgan fingerprint density at radius 1 is 0.588 bits per heavy atom. The van der Waals surface area contributed by atoms with Crippen LogP contribution in [0.3, 0.4) is 0 Å². The van der Waals surface area contributed by atoms with Crippen molar-refractivity contribution >= 4 is 65.0 Å². The molecule has 0 aliphatic rings. The molecule has 0 unspecified atom stereocenters. The largest absolute Gasteiger partial charge is 0.481 e. The summed E-state index contributed by atoms with van der Waals surface area (Å²) in [6.07, 6.45) is -11.1. The molecule has 0 radical (unpaired) electrons. The Bertz CT molecular complexity index is 2030. The van der Waals surface area contributed by atoms with Gasteiger partial charge in [-0.15, -0.1) is 0 Å². The van der Waals surface area contributed by atoms with Gasteiger partial charge in [0.15, 0.2) is 0 Å². The number of amides is 7. The third kappa shape index (κ3) is 22.7. The molecule has 0 aliphatic carbocycles. The topological polar surface area (TPSA) is 333 Å². The van der Waals surface area contributed by atoms with E-state index in [0.29, 0.717) is 11.1 Å². The van der Waals surface area contributed by atoms with Crippen molar-refractivity contribution in [1.29, 1.82) is 0 Å². The van der Waals surface area contributed by atoms with Gasteiger partial charge in [0.2, 0.25) is 41.2 Å². The van der Waals surface area contributed by atoms with Crippen LogP contribution in [-0.4, -0.2) is 128 Å². The van der Waals surface area contributed by atoms with Crippen molar-refractivity contribution in [2.75, 3.05) is 0 Å². The lowest BCUT2D eigenvalue weighted by Crippen LogP contribution is -2.62. The molecule has 1 aromatic carbocycles. The number of ketones is 1. The average Bonchev–Trinajstić information content (AvgIpc) is 3.17. The van der Waals surface area contributed by atoms with E-state index in [4.69, 9.17) is 5.11 Å². The highest BCUT2D eigenvalue weighted by Crippen LogP contribution is 2.24. The highest BCUT2D eigenvalue weighted by Gasteiger charge is 2.42. The molecule has 6 atom stereocenters.